The van der Waals surface area contributed by atoms with Crippen LogP contribution in [0.3, 0.4) is 0 Å². The van der Waals surface area contributed by atoms with Crippen molar-refractivity contribution in [1.82, 2.24) is 19.7 Å². The number of hydrogen-bond donors (Lipinski definition) is 6. The van der Waals surface area contributed by atoms with E-state index >= 15 is 0 Å². The minimum atomic E-state index is -2.09. The highest BCUT2D eigenvalue weighted by atomic mass is 127. The number of amides is 3. The second kappa shape index (κ2) is 27.8. The Hall–Kier alpha value is -3.24. The number of nitrogens with zero attached hydrogens (tertiary/aromatic N) is 1. The Labute approximate surface area is 410 Å². The standard InChI is InChI=1S/C44H67ClIN5O16/c1-29-8-7-9-34(52)44(57)26-36(66-41(56)49-44)43(4)28-42(3,67-43)35(25-38(54)51(5)32-23-31(22-29)24-33(58-6)39(32)45)65-40(55)30(2)64-21-20-63-19-18-62-17-16-61-15-14-60-13-12-59-11-10-47-37(53)27-48-50-46/h7-9,23-24,30,34-36,48,50,52,57H,10-22,25-28H2,1-6H3,(H,47,53)(H,49,56)/b9-7+,29-8+/t30-,34+,35-,36-,42+,43?,44-/m0/s1. The number of hydrazine groups is 1. The maximum atomic E-state index is 14.1. The van der Waals surface area contributed by atoms with Crippen LogP contribution in [0.25, 0.3) is 0 Å². The van der Waals surface area contributed by atoms with Gasteiger partial charge in [0.15, 0.2) is 11.8 Å². The highest BCUT2D eigenvalue weighted by Crippen LogP contribution is 2.50. The molecule has 7 atom stereocenters. The number of esters is 1. The van der Waals surface area contributed by atoms with Crippen molar-refractivity contribution in [2.45, 2.75) is 94.7 Å². The molecule has 378 valence electrons. The Bertz CT molecular complexity index is 1840. The van der Waals surface area contributed by atoms with E-state index in [9.17, 15) is 29.4 Å². The molecule has 0 spiro atoms. The van der Waals surface area contributed by atoms with Crippen molar-refractivity contribution in [2.24, 2.45) is 0 Å². The number of methoxy groups -OCH3 is 1. The molecule has 0 aromatic heterocycles. The van der Waals surface area contributed by atoms with Gasteiger partial charge < -0.3 is 67.8 Å². The van der Waals surface area contributed by atoms with Crippen LogP contribution in [0.15, 0.2) is 35.9 Å². The molecule has 2 fully saturated rings. The van der Waals surface area contributed by atoms with Crippen molar-refractivity contribution >= 4 is 64.0 Å². The third kappa shape index (κ3) is 17.6. The molecule has 21 nitrogen and oxygen atoms in total. The van der Waals surface area contributed by atoms with Gasteiger partial charge in [0.1, 0.15) is 40.3 Å². The van der Waals surface area contributed by atoms with Crippen LogP contribution in [0.4, 0.5) is 10.5 Å². The van der Waals surface area contributed by atoms with Crippen LogP contribution in [0.2, 0.25) is 5.02 Å². The van der Waals surface area contributed by atoms with Gasteiger partial charge in [0.25, 0.3) is 0 Å². The van der Waals surface area contributed by atoms with E-state index in [1.165, 1.54) is 25.0 Å². The Morgan fingerprint density at radius 2 is 1.58 bits per heavy atom. The van der Waals surface area contributed by atoms with Crippen LogP contribution in [-0.4, -0.2) is 175 Å². The number of benzene rings is 1. The average molecular weight is 1080 g/mol. The SMILES string of the molecule is COc1cc2cc(c1Cl)N(C)C(=O)C[C@H](OC(=O)[C@H](C)OCCOCCOCCOCCOCCOCCNC(=O)CNNI)[C@@]1(C)CC(C)(O1)[C@@H]1C[C@@](O)(NC(=O)O1)[C@H](O)/C=C/C=C(\C)C2. The first-order chi connectivity index (χ1) is 31.9. The maximum absolute atomic E-state index is 14.1. The van der Waals surface area contributed by atoms with E-state index in [1.807, 2.05) is 29.8 Å². The molecule has 6 N–H and O–H groups in total. The highest BCUT2D eigenvalue weighted by molar-refractivity contribution is 14.1. The molecular weight excluding hydrogens is 1020 g/mol. The van der Waals surface area contributed by atoms with Crippen LogP contribution in [0.1, 0.15) is 52.5 Å². The van der Waals surface area contributed by atoms with Gasteiger partial charge in [-0.25, -0.2) is 15.0 Å². The number of aliphatic hydroxyl groups is 2. The summed E-state index contributed by atoms with van der Waals surface area (Å²) >= 11 is 8.64. The van der Waals surface area contributed by atoms with Gasteiger partial charge in [-0.1, -0.05) is 35.4 Å². The third-order valence-corrected chi connectivity index (χ3v) is 12.0. The van der Waals surface area contributed by atoms with Crippen molar-refractivity contribution in [1.29, 1.82) is 0 Å². The molecule has 0 aliphatic carbocycles. The Kier molecular flexibility index (Phi) is 23.4. The molecule has 6 bridgehead atoms. The molecule has 5 rings (SSSR count). The summed E-state index contributed by atoms with van der Waals surface area (Å²) in [5.41, 5.74) is 0.113. The van der Waals surface area contributed by atoms with Gasteiger partial charge in [-0.15, -0.1) is 0 Å². The lowest BCUT2D eigenvalue weighted by Gasteiger charge is -2.59. The van der Waals surface area contributed by atoms with E-state index in [0.29, 0.717) is 77.3 Å². The molecule has 1 unspecified atom stereocenters. The first kappa shape index (κ1) is 56.3. The van der Waals surface area contributed by atoms with E-state index < -0.39 is 59.3 Å². The summed E-state index contributed by atoms with van der Waals surface area (Å²) in [7, 11) is 3.03. The lowest BCUT2D eigenvalue weighted by atomic mass is 9.72. The Balaban J connectivity index is 1.25. The zero-order valence-corrected chi connectivity index (χ0v) is 41.9. The molecule has 4 heterocycles. The van der Waals surface area contributed by atoms with Crippen molar-refractivity contribution in [3.05, 3.63) is 46.5 Å². The number of nitrogens with one attached hydrogen (secondary N) is 4. The number of hydrogen-bond acceptors (Lipinski definition) is 18. The summed E-state index contributed by atoms with van der Waals surface area (Å²) in [4.78, 5) is 53.3. The van der Waals surface area contributed by atoms with E-state index in [-0.39, 0.29) is 56.6 Å². The van der Waals surface area contributed by atoms with Crippen LogP contribution in [0, 0.1) is 0 Å². The summed E-state index contributed by atoms with van der Waals surface area (Å²) in [6.45, 7) is 10.9. The van der Waals surface area contributed by atoms with Gasteiger partial charge in [-0.05, 0) is 51.8 Å². The molecule has 67 heavy (non-hydrogen) atoms. The van der Waals surface area contributed by atoms with Crippen LogP contribution >= 0.6 is 34.5 Å². The minimum Gasteiger partial charge on any atom is -0.495 e. The van der Waals surface area contributed by atoms with E-state index in [1.54, 1.807) is 45.2 Å². The number of rotatable bonds is 25. The van der Waals surface area contributed by atoms with Crippen LogP contribution in [0.5, 0.6) is 5.75 Å². The van der Waals surface area contributed by atoms with E-state index in [0.717, 1.165) is 11.1 Å². The number of halogens is 2. The van der Waals surface area contributed by atoms with Crippen LogP contribution in [-0.2, 0) is 63.4 Å². The van der Waals surface area contributed by atoms with E-state index in [2.05, 4.69) is 19.7 Å². The number of anilines is 1. The summed E-state index contributed by atoms with van der Waals surface area (Å²) in [5, 5.41) is 27.8. The highest BCUT2D eigenvalue weighted by Gasteiger charge is 2.63. The zero-order chi connectivity index (χ0) is 49.0. The number of carbonyl (C=O) groups is 4. The maximum Gasteiger partial charge on any atom is 0.409 e. The van der Waals surface area contributed by atoms with E-state index in [4.69, 9.17) is 59.0 Å². The fraction of sp³-hybridized carbons (Fsp3) is 0.682. The van der Waals surface area contributed by atoms with Crippen molar-refractivity contribution < 1.29 is 76.8 Å². The lowest BCUT2D eigenvalue weighted by Crippen LogP contribution is -2.72. The summed E-state index contributed by atoms with van der Waals surface area (Å²) in [6, 6.07) is 3.53. The number of carbonyl (C=O) groups excluding carboxylic acids is 4. The largest absolute Gasteiger partial charge is 0.495 e. The zero-order valence-electron chi connectivity index (χ0n) is 39.0. The van der Waals surface area contributed by atoms with Gasteiger partial charge in [0.05, 0.1) is 98.4 Å². The van der Waals surface area contributed by atoms with Gasteiger partial charge in [0, 0.05) is 49.3 Å². The topological polar surface area (TPSA) is 252 Å². The molecule has 3 amide bonds. The first-order valence-corrected chi connectivity index (χ1v) is 23.5. The molecule has 0 saturated carbocycles. The molecule has 1 aromatic carbocycles. The minimum absolute atomic E-state index is 0.0595. The molecule has 4 aliphatic heterocycles. The fourth-order valence-electron chi connectivity index (χ4n) is 7.65. The van der Waals surface area contributed by atoms with Crippen molar-refractivity contribution in [2.75, 3.05) is 105 Å². The predicted octanol–water partition coefficient (Wildman–Crippen LogP) is 2.21. The summed E-state index contributed by atoms with van der Waals surface area (Å²) in [5.74, 6) is -0.993. The van der Waals surface area contributed by atoms with Gasteiger partial charge in [-0.2, -0.15) is 3.64 Å². The molecule has 1 aromatic rings. The number of aliphatic hydroxyl groups excluding tert-OH is 1. The number of ether oxygens (including phenoxy) is 10. The normalized spacial score (nSPS) is 27.2. The third-order valence-electron chi connectivity index (χ3n) is 11.2. The van der Waals surface area contributed by atoms with Gasteiger partial charge in [0.2, 0.25) is 11.8 Å². The quantitative estimate of drug-likeness (QED) is 0.0270. The summed E-state index contributed by atoms with van der Waals surface area (Å²) < 4.78 is 59.5. The monoisotopic (exact) mass is 1080 g/mol. The van der Waals surface area contributed by atoms with Crippen molar-refractivity contribution in [3.63, 3.8) is 0 Å². The molecular formula is C44H67ClIN5O16. The number of allylic oxidation sites excluding steroid dienone is 3. The molecule has 23 heteroatoms. The molecule has 2 saturated heterocycles. The first-order valence-electron chi connectivity index (χ1n) is 22.1. The number of alkyl carbamates (subject to hydrolysis) is 1. The Morgan fingerprint density at radius 3 is 2.18 bits per heavy atom. The smallest absolute Gasteiger partial charge is 0.409 e. The summed E-state index contributed by atoms with van der Waals surface area (Å²) in [6.07, 6.45) is -1.04. The molecule has 0 radical (unpaired) electrons. The predicted molar refractivity (Wildman–Crippen MR) is 252 cm³/mol. The number of fused-ring (bicyclic) bond motifs is 6. The van der Waals surface area contributed by atoms with Gasteiger partial charge in [-0.3, -0.25) is 14.9 Å². The van der Waals surface area contributed by atoms with Crippen LogP contribution < -0.4 is 29.3 Å². The fourth-order valence-corrected chi connectivity index (χ4v) is 8.15. The lowest BCUT2D eigenvalue weighted by molar-refractivity contribution is -0.328. The van der Waals surface area contributed by atoms with Crippen molar-refractivity contribution in [3.8, 4) is 5.75 Å². The molecule has 4 aliphatic rings. The Morgan fingerprint density at radius 1 is 0.985 bits per heavy atom. The second-order valence-corrected chi connectivity index (χ2v) is 17.6. The second-order valence-electron chi connectivity index (χ2n) is 16.7. The average Bonchev–Trinajstić information content (AvgIpc) is 3.27. The van der Waals surface area contributed by atoms with Gasteiger partial charge >= 0.3 is 12.1 Å².